The molecular formula is C22H23NO5. The lowest BCUT2D eigenvalue weighted by molar-refractivity contribution is -0.160. The van der Waals surface area contributed by atoms with Crippen molar-refractivity contribution in [1.82, 2.24) is 4.90 Å². The van der Waals surface area contributed by atoms with Crippen molar-refractivity contribution in [3.63, 3.8) is 0 Å². The predicted octanol–water partition coefficient (Wildman–Crippen LogP) is 2.24. The Balaban J connectivity index is 1.48. The summed E-state index contributed by atoms with van der Waals surface area (Å²) < 4.78 is 5.23. The van der Waals surface area contributed by atoms with Crippen LogP contribution in [0.25, 0.3) is 0 Å². The smallest absolute Gasteiger partial charge is 0.330 e. The summed E-state index contributed by atoms with van der Waals surface area (Å²) in [5, 5.41) is 0. The van der Waals surface area contributed by atoms with Gasteiger partial charge in [0.25, 0.3) is 0 Å². The molecule has 2 aliphatic carbocycles. The lowest BCUT2D eigenvalue weighted by Crippen LogP contribution is -2.50. The molecule has 1 aliphatic heterocycles. The first-order valence-corrected chi connectivity index (χ1v) is 9.70. The van der Waals surface area contributed by atoms with Gasteiger partial charge in [-0.3, -0.25) is 19.3 Å². The topological polar surface area (TPSA) is 80.8 Å². The average molecular weight is 381 g/mol. The fourth-order valence-corrected chi connectivity index (χ4v) is 4.80. The summed E-state index contributed by atoms with van der Waals surface area (Å²) in [6, 6.07) is 7.54. The molecule has 146 valence electrons. The minimum atomic E-state index is -1.01. The summed E-state index contributed by atoms with van der Waals surface area (Å²) in [5.74, 6) is -2.45. The van der Waals surface area contributed by atoms with Gasteiger partial charge in [0, 0.05) is 5.56 Å². The number of carbonyl (C=O) groups excluding carboxylic acids is 4. The minimum Gasteiger partial charge on any atom is -0.456 e. The zero-order valence-electron chi connectivity index (χ0n) is 15.9. The van der Waals surface area contributed by atoms with Gasteiger partial charge in [0.05, 0.1) is 11.8 Å². The Morgan fingerprint density at radius 1 is 1.04 bits per heavy atom. The van der Waals surface area contributed by atoms with Gasteiger partial charge in [-0.05, 0) is 24.2 Å². The molecule has 0 radical (unpaired) electrons. The molecule has 4 rings (SSSR count). The van der Waals surface area contributed by atoms with Crippen molar-refractivity contribution < 1.29 is 23.9 Å². The van der Waals surface area contributed by atoms with Crippen LogP contribution in [0.1, 0.15) is 30.6 Å². The molecule has 0 unspecified atom stereocenters. The maximum atomic E-state index is 13.0. The van der Waals surface area contributed by atoms with Crippen molar-refractivity contribution >= 4 is 23.6 Å². The van der Waals surface area contributed by atoms with Gasteiger partial charge in [-0.1, -0.05) is 56.3 Å². The van der Waals surface area contributed by atoms with Crippen LogP contribution in [0.4, 0.5) is 0 Å². The highest BCUT2D eigenvalue weighted by Crippen LogP contribution is 2.53. The number of ketones is 1. The molecule has 0 aromatic heterocycles. The van der Waals surface area contributed by atoms with Crippen LogP contribution in [0.2, 0.25) is 0 Å². The van der Waals surface area contributed by atoms with Gasteiger partial charge < -0.3 is 4.74 Å². The molecule has 1 aromatic carbocycles. The highest BCUT2D eigenvalue weighted by atomic mass is 16.5. The third-order valence-electron chi connectivity index (χ3n) is 6.10. The van der Waals surface area contributed by atoms with Crippen LogP contribution in [0.3, 0.4) is 0 Å². The van der Waals surface area contributed by atoms with Crippen molar-refractivity contribution in [3.8, 4) is 0 Å². The third-order valence-corrected chi connectivity index (χ3v) is 6.10. The first-order valence-electron chi connectivity index (χ1n) is 9.70. The summed E-state index contributed by atoms with van der Waals surface area (Å²) in [5.41, 5.74) is 0.446. The molecule has 0 spiro atoms. The number of allylic oxidation sites excluding steroid dienone is 2. The third kappa shape index (κ3) is 2.87. The number of ether oxygens (including phenoxy) is 1. The van der Waals surface area contributed by atoms with Crippen molar-refractivity contribution in [2.45, 2.75) is 26.3 Å². The van der Waals surface area contributed by atoms with E-state index in [1.54, 1.807) is 44.2 Å². The largest absolute Gasteiger partial charge is 0.456 e. The van der Waals surface area contributed by atoms with E-state index in [2.05, 4.69) is 0 Å². The Morgan fingerprint density at radius 3 is 2.14 bits per heavy atom. The maximum absolute atomic E-state index is 13.0. The average Bonchev–Trinajstić information content (AvgIpc) is 3.36. The molecule has 1 aromatic rings. The van der Waals surface area contributed by atoms with E-state index in [0.29, 0.717) is 5.56 Å². The van der Waals surface area contributed by atoms with Crippen molar-refractivity contribution in [2.24, 2.45) is 29.6 Å². The fourth-order valence-electron chi connectivity index (χ4n) is 4.80. The van der Waals surface area contributed by atoms with Gasteiger partial charge in [-0.25, -0.2) is 4.79 Å². The zero-order chi connectivity index (χ0) is 20.0. The number of esters is 1. The molecule has 3 aliphatic rings. The van der Waals surface area contributed by atoms with Crippen LogP contribution >= 0.6 is 0 Å². The molecule has 2 bridgehead atoms. The van der Waals surface area contributed by atoms with Crippen molar-refractivity contribution in [3.05, 3.63) is 48.0 Å². The Labute approximate surface area is 163 Å². The second-order valence-electron chi connectivity index (χ2n) is 8.13. The summed E-state index contributed by atoms with van der Waals surface area (Å²) in [6.07, 6.45) is 4.87. The number of rotatable bonds is 6. The Morgan fingerprint density at radius 2 is 1.61 bits per heavy atom. The first-order chi connectivity index (χ1) is 13.4. The van der Waals surface area contributed by atoms with Gasteiger partial charge in [-0.15, -0.1) is 0 Å². The second kappa shape index (κ2) is 7.00. The molecule has 6 nitrogen and oxygen atoms in total. The SMILES string of the molecule is CC(C)[C@@H](C(=O)OCC(=O)c1ccccc1)N1C(=O)[C@@H]2[C@H](C1=O)[C@H]1C=C[C@@H]2C1. The van der Waals surface area contributed by atoms with E-state index in [0.717, 1.165) is 11.3 Å². The Hall–Kier alpha value is -2.76. The normalized spacial score (nSPS) is 28.8. The molecule has 1 saturated carbocycles. The van der Waals surface area contributed by atoms with Crippen LogP contribution in [0, 0.1) is 29.6 Å². The number of likely N-dealkylation sites (tertiary alicyclic amines) is 1. The minimum absolute atomic E-state index is 0.0833. The van der Waals surface area contributed by atoms with Gasteiger partial charge in [0.15, 0.2) is 12.4 Å². The lowest BCUT2D eigenvalue weighted by Gasteiger charge is -2.28. The van der Waals surface area contributed by atoms with Gasteiger partial charge >= 0.3 is 5.97 Å². The van der Waals surface area contributed by atoms with Crippen LogP contribution < -0.4 is 0 Å². The summed E-state index contributed by atoms with van der Waals surface area (Å²) in [7, 11) is 0. The molecule has 2 amide bonds. The van der Waals surface area contributed by atoms with Crippen LogP contribution in [-0.4, -0.2) is 41.1 Å². The number of hydrogen-bond acceptors (Lipinski definition) is 5. The fraction of sp³-hybridized carbons (Fsp3) is 0.455. The van der Waals surface area contributed by atoms with Crippen molar-refractivity contribution in [1.29, 1.82) is 0 Å². The number of Topliss-reactive ketones (excluding diaryl/α,β-unsaturated/α-hetero) is 1. The Bertz CT molecular complexity index is 829. The van der Waals surface area contributed by atoms with Crippen LogP contribution in [0.5, 0.6) is 0 Å². The monoisotopic (exact) mass is 381 g/mol. The summed E-state index contributed by atoms with van der Waals surface area (Å²) in [6.45, 7) is 3.13. The van der Waals surface area contributed by atoms with Crippen LogP contribution in [0.15, 0.2) is 42.5 Å². The summed E-state index contributed by atoms with van der Waals surface area (Å²) >= 11 is 0. The summed E-state index contributed by atoms with van der Waals surface area (Å²) in [4.78, 5) is 52.1. The molecular weight excluding hydrogens is 358 g/mol. The molecule has 5 atom stereocenters. The van der Waals surface area contributed by atoms with E-state index in [1.807, 2.05) is 12.2 Å². The standard InChI is InChI=1S/C22H23NO5/c1-12(2)19(22(27)28-11-16(24)13-6-4-3-5-7-13)23-20(25)17-14-8-9-15(10-14)18(17)21(23)26/h3-9,12,14-15,17-19H,10-11H2,1-2H3/t14-,15+,17+,18-,19-/m0/s1. The van der Waals surface area contributed by atoms with E-state index < -0.39 is 18.6 Å². The highest BCUT2D eigenvalue weighted by Gasteiger charge is 2.61. The molecule has 1 saturated heterocycles. The number of amides is 2. The molecule has 6 heteroatoms. The van der Waals surface area contributed by atoms with E-state index >= 15 is 0 Å². The van der Waals surface area contributed by atoms with Crippen LogP contribution in [-0.2, 0) is 19.1 Å². The maximum Gasteiger partial charge on any atom is 0.330 e. The number of nitrogens with zero attached hydrogens (tertiary/aromatic N) is 1. The van der Waals surface area contributed by atoms with Gasteiger partial charge in [0.2, 0.25) is 11.8 Å². The van der Waals surface area contributed by atoms with Crippen molar-refractivity contribution in [2.75, 3.05) is 6.61 Å². The van der Waals surface area contributed by atoms with E-state index in [9.17, 15) is 19.2 Å². The molecule has 0 N–H and O–H groups in total. The molecule has 2 fully saturated rings. The van der Waals surface area contributed by atoms with E-state index in [4.69, 9.17) is 4.74 Å². The number of benzene rings is 1. The Kier molecular flexibility index (Phi) is 4.65. The quantitative estimate of drug-likeness (QED) is 0.327. The number of carbonyl (C=O) groups is 4. The molecule has 1 heterocycles. The number of hydrogen-bond donors (Lipinski definition) is 0. The highest BCUT2D eigenvalue weighted by molar-refractivity contribution is 6.09. The van der Waals surface area contributed by atoms with Gasteiger partial charge in [0.1, 0.15) is 6.04 Å². The molecule has 28 heavy (non-hydrogen) atoms. The number of fused-ring (bicyclic) bond motifs is 5. The first kappa shape index (κ1) is 18.6. The van der Waals surface area contributed by atoms with Gasteiger partial charge in [-0.2, -0.15) is 0 Å². The predicted molar refractivity (Wildman–Crippen MR) is 99.9 cm³/mol. The second-order valence-corrected chi connectivity index (χ2v) is 8.13. The van der Waals surface area contributed by atoms with E-state index in [-0.39, 0.29) is 47.2 Å². The zero-order valence-corrected chi connectivity index (χ0v) is 15.9. The number of imide groups is 1. The van der Waals surface area contributed by atoms with E-state index in [1.165, 1.54) is 0 Å². The lowest BCUT2D eigenvalue weighted by atomic mass is 9.85.